The van der Waals surface area contributed by atoms with Crippen LogP contribution < -0.4 is 10.6 Å². The minimum Gasteiger partial charge on any atom is -0.383 e. The van der Waals surface area contributed by atoms with Crippen LogP contribution in [0.3, 0.4) is 0 Å². The molecule has 2 unspecified atom stereocenters. The lowest BCUT2D eigenvalue weighted by molar-refractivity contribution is 0.198. The number of fused-ring (bicyclic) bond motifs is 5. The molecule has 2 aliphatic carbocycles. The van der Waals surface area contributed by atoms with Gasteiger partial charge in [0.2, 0.25) is 0 Å². The summed E-state index contributed by atoms with van der Waals surface area (Å²) in [5.74, 6) is 0. The predicted molar refractivity (Wildman–Crippen MR) is 145 cm³/mol. The second-order valence-electron chi connectivity index (χ2n) is 9.13. The smallest absolute Gasteiger partial charge is 0.0805 e. The van der Waals surface area contributed by atoms with Gasteiger partial charge in [0.15, 0.2) is 0 Å². The van der Waals surface area contributed by atoms with Gasteiger partial charge in [-0.2, -0.15) is 0 Å². The lowest BCUT2D eigenvalue weighted by Crippen LogP contribution is -2.39. The van der Waals surface area contributed by atoms with E-state index in [1.165, 1.54) is 0 Å². The Balaban J connectivity index is 1.46. The molecule has 6 heteroatoms. The van der Waals surface area contributed by atoms with E-state index in [-0.39, 0.29) is 0 Å². The molecule has 2 heterocycles. The van der Waals surface area contributed by atoms with Crippen molar-refractivity contribution in [3.63, 3.8) is 0 Å². The molecule has 2 bridgehead atoms. The van der Waals surface area contributed by atoms with Crippen LogP contribution >= 0.6 is 0 Å². The number of rotatable bonds is 0. The van der Waals surface area contributed by atoms with Crippen LogP contribution in [0.15, 0.2) is 82.1 Å². The van der Waals surface area contributed by atoms with Gasteiger partial charge in [0.25, 0.3) is 0 Å². The molecule has 182 valence electrons. The topological polar surface area (TPSA) is 55.3 Å². The van der Waals surface area contributed by atoms with Gasteiger partial charge in [-0.15, -0.1) is 0 Å². The quantitative estimate of drug-likeness (QED) is 0.583. The van der Waals surface area contributed by atoms with Crippen molar-refractivity contribution in [2.24, 2.45) is 9.98 Å². The Bertz CT molecular complexity index is 828. The minimum absolute atomic E-state index is 0.864. The molecule has 0 radical (unpaired) electrons. The fourth-order valence-electron chi connectivity index (χ4n) is 4.64. The van der Waals surface area contributed by atoms with Crippen molar-refractivity contribution < 1.29 is 0 Å². The third-order valence-electron chi connectivity index (χ3n) is 6.53. The second kappa shape index (κ2) is 13.9. The van der Waals surface area contributed by atoms with Crippen LogP contribution in [0.25, 0.3) is 0 Å². The highest BCUT2D eigenvalue weighted by Gasteiger charge is 2.13. The third-order valence-corrected chi connectivity index (χ3v) is 6.53. The van der Waals surface area contributed by atoms with Crippen LogP contribution in [0.2, 0.25) is 0 Å². The Kier molecular flexibility index (Phi) is 9.97. The standard InChI is InChI=1S/C28H40N6/c1-3-11-25-26(12-4-1)30-16-8-20-34-22-10-18-32-28-14-6-2-5-13-27(28)31-17-9-21-33(23-24-34)19-7-15-29-25/h1-6,11-14,29,32H,7-10,15-24H2. The first-order chi connectivity index (χ1) is 16.9. The minimum atomic E-state index is 0.864. The van der Waals surface area contributed by atoms with Crippen molar-refractivity contribution in [2.75, 3.05) is 65.4 Å². The Morgan fingerprint density at radius 2 is 1.00 bits per heavy atom. The van der Waals surface area contributed by atoms with E-state index in [4.69, 9.17) is 9.98 Å². The predicted octanol–water partition coefficient (Wildman–Crippen LogP) is 3.26. The molecule has 2 N–H and O–H groups in total. The summed E-state index contributed by atoms with van der Waals surface area (Å²) in [6.07, 6.45) is 25.5. The van der Waals surface area contributed by atoms with Crippen molar-refractivity contribution in [3.8, 4) is 0 Å². The molecule has 4 aliphatic rings. The molecule has 0 saturated heterocycles. The van der Waals surface area contributed by atoms with Crippen LogP contribution in [0.5, 0.6) is 0 Å². The van der Waals surface area contributed by atoms with Gasteiger partial charge in [0, 0.05) is 39.3 Å². The zero-order chi connectivity index (χ0) is 23.3. The maximum atomic E-state index is 4.93. The largest absolute Gasteiger partial charge is 0.383 e. The fraction of sp³-hybridized carbons (Fsp3) is 0.500. The van der Waals surface area contributed by atoms with E-state index in [1.807, 2.05) is 0 Å². The number of nitrogens with one attached hydrogen (secondary N) is 2. The van der Waals surface area contributed by atoms with Crippen molar-refractivity contribution in [1.29, 1.82) is 0 Å². The number of aliphatic imine (C=N–C) groups is 2. The number of nitrogens with zero attached hydrogens (tertiary/aromatic N) is 4. The van der Waals surface area contributed by atoms with Gasteiger partial charge in [0.1, 0.15) is 0 Å². The molecule has 6 nitrogen and oxygen atoms in total. The van der Waals surface area contributed by atoms with Gasteiger partial charge in [0.05, 0.1) is 22.8 Å². The molecule has 0 aromatic heterocycles. The third kappa shape index (κ3) is 7.96. The molecule has 0 aromatic rings. The summed E-state index contributed by atoms with van der Waals surface area (Å²) < 4.78 is 0. The molecule has 4 rings (SSSR count). The summed E-state index contributed by atoms with van der Waals surface area (Å²) in [5, 5.41) is 7.27. The first-order valence-electron chi connectivity index (χ1n) is 13.0. The van der Waals surface area contributed by atoms with E-state index in [2.05, 4.69) is 81.2 Å². The van der Waals surface area contributed by atoms with Crippen molar-refractivity contribution in [1.82, 2.24) is 20.4 Å². The monoisotopic (exact) mass is 460 g/mol. The summed E-state index contributed by atoms with van der Waals surface area (Å²) in [6.45, 7) is 10.3. The van der Waals surface area contributed by atoms with Crippen LogP contribution in [-0.2, 0) is 0 Å². The van der Waals surface area contributed by atoms with Crippen LogP contribution in [0.4, 0.5) is 0 Å². The van der Waals surface area contributed by atoms with E-state index >= 15 is 0 Å². The van der Waals surface area contributed by atoms with Gasteiger partial charge in [-0.05, 0) is 76.2 Å². The molecule has 0 aromatic carbocycles. The zero-order valence-corrected chi connectivity index (χ0v) is 20.5. The van der Waals surface area contributed by atoms with E-state index in [0.717, 1.165) is 114 Å². The first-order valence-corrected chi connectivity index (χ1v) is 13.0. The van der Waals surface area contributed by atoms with Crippen molar-refractivity contribution in [3.05, 3.63) is 72.2 Å². The Morgan fingerprint density at radius 3 is 1.50 bits per heavy atom. The average Bonchev–Trinajstić information content (AvgIpc) is 3.21. The summed E-state index contributed by atoms with van der Waals surface area (Å²) in [5.41, 5.74) is 4.43. The van der Waals surface area contributed by atoms with Gasteiger partial charge < -0.3 is 20.4 Å². The summed E-state index contributed by atoms with van der Waals surface area (Å²) in [4.78, 5) is 15.1. The molecular formula is C28H40N6. The molecular weight excluding hydrogens is 420 g/mol. The van der Waals surface area contributed by atoms with E-state index in [0.29, 0.717) is 0 Å². The van der Waals surface area contributed by atoms with Crippen LogP contribution in [0.1, 0.15) is 25.7 Å². The first kappa shape index (κ1) is 24.4. The van der Waals surface area contributed by atoms with Gasteiger partial charge in [-0.3, -0.25) is 9.98 Å². The maximum absolute atomic E-state index is 4.93. The maximum Gasteiger partial charge on any atom is 0.0805 e. The summed E-state index contributed by atoms with van der Waals surface area (Å²) in [6, 6.07) is 0. The van der Waals surface area contributed by atoms with Crippen LogP contribution in [0, 0.1) is 0 Å². The number of hydrogen-bond acceptors (Lipinski definition) is 6. The lowest BCUT2D eigenvalue weighted by atomic mass is 10.2. The molecule has 0 saturated carbocycles. The summed E-state index contributed by atoms with van der Waals surface area (Å²) >= 11 is 0. The summed E-state index contributed by atoms with van der Waals surface area (Å²) in [7, 11) is 0. The van der Waals surface area contributed by atoms with E-state index in [9.17, 15) is 0 Å². The highest BCUT2D eigenvalue weighted by Crippen LogP contribution is 2.08. The van der Waals surface area contributed by atoms with Gasteiger partial charge in [-0.25, -0.2) is 0 Å². The molecule has 0 fully saturated rings. The van der Waals surface area contributed by atoms with E-state index in [1.54, 1.807) is 0 Å². The van der Waals surface area contributed by atoms with Crippen LogP contribution in [-0.4, -0.2) is 86.7 Å². The Hall–Kier alpha value is -2.70. The highest BCUT2D eigenvalue weighted by molar-refractivity contribution is 6.09. The van der Waals surface area contributed by atoms with Gasteiger partial charge in [-0.1, -0.05) is 36.5 Å². The second-order valence-corrected chi connectivity index (χ2v) is 9.13. The normalized spacial score (nSPS) is 27.1. The number of allylic oxidation sites excluding steroid dienone is 10. The Morgan fingerprint density at radius 1 is 0.529 bits per heavy atom. The van der Waals surface area contributed by atoms with E-state index < -0.39 is 0 Å². The van der Waals surface area contributed by atoms with Crippen molar-refractivity contribution in [2.45, 2.75) is 25.7 Å². The highest BCUT2D eigenvalue weighted by atomic mass is 15.2. The average molecular weight is 461 g/mol. The zero-order valence-electron chi connectivity index (χ0n) is 20.5. The fourth-order valence-corrected chi connectivity index (χ4v) is 4.64. The number of hydrogen-bond donors (Lipinski definition) is 2. The lowest BCUT2D eigenvalue weighted by Gasteiger charge is -2.28. The molecule has 2 aliphatic heterocycles. The van der Waals surface area contributed by atoms with Crippen molar-refractivity contribution >= 4 is 11.4 Å². The molecule has 34 heavy (non-hydrogen) atoms. The molecule has 2 atom stereocenters. The van der Waals surface area contributed by atoms with Gasteiger partial charge >= 0.3 is 0 Å². The SMILES string of the molecule is C1=CC=C2NCCCN3CCCN=C4C=CC=CC=C4NCCCN(CCCN=C2C=C1)CC3. The molecule has 0 amide bonds. The Labute approximate surface area is 205 Å². The molecule has 0 spiro atoms.